The highest BCUT2D eigenvalue weighted by Crippen LogP contribution is 2.57. The summed E-state index contributed by atoms with van der Waals surface area (Å²) in [5, 5.41) is 17.0. The Balaban J connectivity index is 1.67. The summed E-state index contributed by atoms with van der Waals surface area (Å²) >= 11 is 0. The van der Waals surface area contributed by atoms with E-state index in [4.69, 9.17) is 9.47 Å². The summed E-state index contributed by atoms with van der Waals surface area (Å²) in [7, 11) is -3.48. The van der Waals surface area contributed by atoms with Crippen LogP contribution >= 0.6 is 10.8 Å². The minimum Gasteiger partial charge on any atom is -0.487 e. The van der Waals surface area contributed by atoms with Gasteiger partial charge in [0.15, 0.2) is 6.10 Å². The molecule has 1 unspecified atom stereocenters. The molecule has 0 spiro atoms. The molecule has 212 valence electrons. The summed E-state index contributed by atoms with van der Waals surface area (Å²) in [5.41, 5.74) is 1.41. The number of carbonyl (C=O) groups is 1. The summed E-state index contributed by atoms with van der Waals surface area (Å²) < 4.78 is 66.9. The van der Waals surface area contributed by atoms with Crippen molar-refractivity contribution in [3.8, 4) is 5.75 Å². The van der Waals surface area contributed by atoms with Crippen molar-refractivity contribution in [2.24, 2.45) is 0 Å². The van der Waals surface area contributed by atoms with Gasteiger partial charge in [0.05, 0.1) is 19.3 Å². The van der Waals surface area contributed by atoms with Gasteiger partial charge in [-0.05, 0) is 49.1 Å². The number of hydrogen-bond acceptors (Lipinski definition) is 8. The van der Waals surface area contributed by atoms with Crippen LogP contribution in [-0.4, -0.2) is 58.1 Å². The fraction of sp³-hybridized carbons (Fsp3) is 0.423. The van der Waals surface area contributed by atoms with Crippen molar-refractivity contribution in [2.75, 3.05) is 6.54 Å². The molecule has 0 amide bonds. The topological polar surface area (TPSA) is 130 Å². The van der Waals surface area contributed by atoms with E-state index in [9.17, 15) is 27.8 Å². The van der Waals surface area contributed by atoms with Gasteiger partial charge in [-0.3, -0.25) is 13.8 Å². The number of para-hydroxylation sites is 1. The van der Waals surface area contributed by atoms with Crippen molar-refractivity contribution in [3.05, 3.63) is 71.0 Å². The zero-order valence-electron chi connectivity index (χ0n) is 21.8. The summed E-state index contributed by atoms with van der Waals surface area (Å²) in [6.07, 6.45) is -0.335. The molecule has 39 heavy (non-hydrogen) atoms. The summed E-state index contributed by atoms with van der Waals surface area (Å²) in [4.78, 5) is 11.8. The third-order valence-electron chi connectivity index (χ3n) is 6.61. The Hall–Kier alpha value is -3.10. The van der Waals surface area contributed by atoms with Gasteiger partial charge in [-0.25, -0.2) is 4.79 Å². The van der Waals surface area contributed by atoms with Gasteiger partial charge < -0.3 is 14.6 Å². The van der Waals surface area contributed by atoms with Crippen LogP contribution in [0, 0.1) is 6.92 Å². The predicted octanol–water partition coefficient (Wildman–Crippen LogP) is 5.28. The molecule has 2 atom stereocenters. The minimum atomic E-state index is -4.25. The van der Waals surface area contributed by atoms with Crippen LogP contribution in [0.4, 0.5) is 8.78 Å². The monoisotopic (exact) mass is 566 g/mol. The van der Waals surface area contributed by atoms with Crippen molar-refractivity contribution in [1.82, 2.24) is 19.3 Å². The second-order valence-corrected chi connectivity index (χ2v) is 11.3. The molecule has 0 bridgehead atoms. The fourth-order valence-electron chi connectivity index (χ4n) is 4.29. The number of rotatable bonds is 10. The number of carboxylic acid groups (broad SMARTS) is 1. The van der Waals surface area contributed by atoms with Gasteiger partial charge in [-0.1, -0.05) is 42.5 Å². The number of ether oxygens (including phenoxy) is 2. The fourth-order valence-corrected chi connectivity index (χ4v) is 5.91. The van der Waals surface area contributed by atoms with E-state index in [1.54, 1.807) is 37.3 Å². The lowest BCUT2D eigenvalue weighted by atomic mass is 9.98. The Kier molecular flexibility index (Phi) is 8.57. The maximum absolute atomic E-state index is 14.9. The van der Waals surface area contributed by atoms with Crippen molar-refractivity contribution in [3.63, 3.8) is 0 Å². The van der Waals surface area contributed by atoms with Crippen molar-refractivity contribution in [1.29, 1.82) is 0 Å². The molecular formula is C26H32F2N4O6S. The zero-order valence-corrected chi connectivity index (χ0v) is 22.6. The molecule has 1 aromatic heterocycles. The molecule has 2 heterocycles. The van der Waals surface area contributed by atoms with E-state index in [0.29, 0.717) is 29.8 Å². The van der Waals surface area contributed by atoms with Gasteiger partial charge in [0, 0.05) is 13.1 Å². The van der Waals surface area contributed by atoms with Crippen LogP contribution in [0.2, 0.25) is 0 Å². The highest BCUT2D eigenvalue weighted by atomic mass is 32.3. The number of aryl methyl sites for hydroxylation is 2. The number of halogens is 2. The van der Waals surface area contributed by atoms with Crippen molar-refractivity contribution < 1.29 is 37.3 Å². The van der Waals surface area contributed by atoms with E-state index in [1.807, 2.05) is 13.8 Å². The van der Waals surface area contributed by atoms with E-state index in [2.05, 4.69) is 10.3 Å². The second kappa shape index (κ2) is 11.6. The van der Waals surface area contributed by atoms with Gasteiger partial charge in [0.2, 0.25) is 0 Å². The Labute approximate surface area is 226 Å². The first kappa shape index (κ1) is 28.9. The number of alkyl halides is 2. The Bertz CT molecular complexity index is 1320. The number of hydrogen-bond donors (Lipinski definition) is 3. The third-order valence-corrected chi connectivity index (χ3v) is 8.53. The van der Waals surface area contributed by atoms with Crippen LogP contribution < -0.4 is 4.74 Å². The summed E-state index contributed by atoms with van der Waals surface area (Å²) in [6.45, 7) is 5.83. The molecule has 0 aliphatic carbocycles. The van der Waals surface area contributed by atoms with Gasteiger partial charge >= 0.3 is 11.9 Å². The number of nitrogens with zero attached hydrogens (tertiary/aromatic N) is 4. The molecule has 0 saturated heterocycles. The van der Waals surface area contributed by atoms with Crippen LogP contribution in [0.15, 0.2) is 53.6 Å². The van der Waals surface area contributed by atoms with E-state index in [1.165, 1.54) is 27.3 Å². The maximum Gasteiger partial charge on any atom is 0.377 e. The van der Waals surface area contributed by atoms with Crippen LogP contribution in [0.3, 0.4) is 0 Å². The number of aliphatic carboxylic acids is 1. The molecule has 0 fully saturated rings. The van der Waals surface area contributed by atoms with Crippen LogP contribution in [0.25, 0.3) is 0 Å². The van der Waals surface area contributed by atoms with Crippen LogP contribution in [0.1, 0.15) is 48.8 Å². The molecule has 0 saturated carbocycles. The molecule has 3 aromatic rings. The van der Waals surface area contributed by atoms with Crippen molar-refractivity contribution >= 4 is 16.7 Å². The lowest BCUT2D eigenvalue weighted by Gasteiger charge is -2.42. The average Bonchev–Trinajstić information content (AvgIpc) is 3.33. The van der Waals surface area contributed by atoms with Gasteiger partial charge in [0.25, 0.3) is 0 Å². The smallest absolute Gasteiger partial charge is 0.377 e. The summed E-state index contributed by atoms with van der Waals surface area (Å²) in [6, 6.07) is 11.1. The molecule has 0 radical (unpaired) electrons. The SMILES string of the molecule is CC[C@@H]1CN(Cc2cc(C(OCc3cn(CC)nn3)C(F)(F)C(=O)O)ccc2C)S(O)(O)c2ccccc2O1. The molecular weight excluding hydrogens is 534 g/mol. The largest absolute Gasteiger partial charge is 0.487 e. The average molecular weight is 567 g/mol. The normalized spacial score (nSPS) is 19.0. The highest BCUT2D eigenvalue weighted by molar-refractivity contribution is 8.22. The molecule has 1 aliphatic heterocycles. The zero-order chi connectivity index (χ0) is 28.4. The van der Waals surface area contributed by atoms with E-state index in [-0.39, 0.29) is 42.0 Å². The standard InChI is InChI=1S/C26H32F2N4O6S/c1-4-21-15-32(39(35,36)23-9-7-6-8-22(23)38-21)13-19-12-18(11-10-17(19)3)24(26(27,28)25(33)34)37-16-20-14-31(5-2)30-29-20/h6-12,14,21,24,35-36H,4-5,13,15-16H2,1-3H3,(H,33,34)/t21-,24?/m1/s1. The second-order valence-electron chi connectivity index (χ2n) is 9.31. The molecule has 3 N–H and O–H groups in total. The molecule has 1 aliphatic rings. The number of fused-ring (bicyclic) bond motifs is 1. The minimum absolute atomic E-state index is 0.00755. The van der Waals surface area contributed by atoms with E-state index in [0.717, 1.165) is 0 Å². The van der Waals surface area contributed by atoms with Gasteiger partial charge in [0.1, 0.15) is 22.4 Å². The van der Waals surface area contributed by atoms with Crippen molar-refractivity contribution in [2.45, 2.75) is 69.9 Å². The Morgan fingerprint density at radius 1 is 1.26 bits per heavy atom. The Morgan fingerprint density at radius 3 is 2.67 bits per heavy atom. The maximum atomic E-state index is 14.9. The molecule has 13 heteroatoms. The van der Waals surface area contributed by atoms with Crippen LogP contribution in [0.5, 0.6) is 5.75 Å². The Morgan fingerprint density at radius 2 is 2.00 bits per heavy atom. The van der Waals surface area contributed by atoms with Gasteiger partial charge in [-0.15, -0.1) is 15.9 Å². The van der Waals surface area contributed by atoms with Crippen LogP contribution in [-0.2, 0) is 29.2 Å². The first-order valence-electron chi connectivity index (χ1n) is 12.5. The van der Waals surface area contributed by atoms with Gasteiger partial charge in [-0.2, -0.15) is 13.1 Å². The molecule has 2 aromatic carbocycles. The number of aromatic nitrogens is 3. The summed E-state index contributed by atoms with van der Waals surface area (Å²) in [5.74, 6) is -6.20. The van der Waals surface area contributed by atoms with E-state index >= 15 is 0 Å². The number of benzene rings is 2. The first-order valence-corrected chi connectivity index (χ1v) is 14.0. The number of carboxylic acids is 1. The quantitative estimate of drug-likeness (QED) is 0.300. The lowest BCUT2D eigenvalue weighted by molar-refractivity contribution is -0.192. The molecule has 10 nitrogen and oxygen atoms in total. The third kappa shape index (κ3) is 6.07. The highest BCUT2D eigenvalue weighted by Gasteiger charge is 2.49. The molecule has 4 rings (SSSR count). The van der Waals surface area contributed by atoms with E-state index < -0.39 is 28.8 Å². The predicted molar refractivity (Wildman–Crippen MR) is 140 cm³/mol. The first-order chi connectivity index (χ1) is 18.5. The lowest BCUT2D eigenvalue weighted by Crippen LogP contribution is -2.37.